The molecule has 78 valence electrons. The SMILES string of the molecule is CC(C)NCCn1cc(C(=O)O)cn1. The van der Waals surface area contributed by atoms with Gasteiger partial charge in [0.05, 0.1) is 18.3 Å². The van der Waals surface area contributed by atoms with Crippen molar-refractivity contribution in [3.8, 4) is 0 Å². The van der Waals surface area contributed by atoms with Gasteiger partial charge in [0.2, 0.25) is 0 Å². The molecule has 1 aromatic rings. The van der Waals surface area contributed by atoms with Crippen LogP contribution in [0.5, 0.6) is 0 Å². The van der Waals surface area contributed by atoms with Crippen LogP contribution < -0.4 is 5.32 Å². The Balaban J connectivity index is 2.40. The quantitative estimate of drug-likeness (QED) is 0.724. The molecule has 1 aromatic heterocycles. The van der Waals surface area contributed by atoms with Gasteiger partial charge >= 0.3 is 5.97 Å². The molecule has 0 saturated heterocycles. The van der Waals surface area contributed by atoms with Crippen molar-refractivity contribution in [3.05, 3.63) is 18.0 Å². The summed E-state index contributed by atoms with van der Waals surface area (Å²) in [6.45, 7) is 5.60. The second kappa shape index (κ2) is 4.76. The molecule has 0 fully saturated rings. The zero-order valence-electron chi connectivity index (χ0n) is 8.40. The first-order valence-electron chi connectivity index (χ1n) is 4.58. The first kappa shape index (κ1) is 10.7. The number of nitrogens with zero attached hydrogens (tertiary/aromatic N) is 2. The number of carbonyl (C=O) groups is 1. The zero-order valence-corrected chi connectivity index (χ0v) is 8.40. The lowest BCUT2D eigenvalue weighted by atomic mass is 10.4. The van der Waals surface area contributed by atoms with Gasteiger partial charge in [-0.25, -0.2) is 4.79 Å². The molecular weight excluding hydrogens is 182 g/mol. The summed E-state index contributed by atoms with van der Waals surface area (Å²) in [5.74, 6) is -0.937. The molecule has 0 spiro atoms. The summed E-state index contributed by atoms with van der Waals surface area (Å²) in [5, 5.41) is 15.8. The predicted molar refractivity (Wildman–Crippen MR) is 52.3 cm³/mol. The van der Waals surface area contributed by atoms with E-state index in [1.165, 1.54) is 12.4 Å². The van der Waals surface area contributed by atoms with Gasteiger partial charge in [-0.1, -0.05) is 13.8 Å². The van der Waals surface area contributed by atoms with Crippen LogP contribution in [0.2, 0.25) is 0 Å². The van der Waals surface area contributed by atoms with E-state index in [2.05, 4.69) is 24.3 Å². The van der Waals surface area contributed by atoms with E-state index >= 15 is 0 Å². The second-order valence-corrected chi connectivity index (χ2v) is 3.41. The van der Waals surface area contributed by atoms with E-state index in [0.717, 1.165) is 6.54 Å². The molecule has 0 atom stereocenters. The Bertz CT molecular complexity index is 307. The van der Waals surface area contributed by atoms with Crippen molar-refractivity contribution in [2.24, 2.45) is 0 Å². The summed E-state index contributed by atoms with van der Waals surface area (Å²) in [4.78, 5) is 10.5. The highest BCUT2D eigenvalue weighted by molar-refractivity contribution is 5.86. The van der Waals surface area contributed by atoms with Gasteiger partial charge in [-0.2, -0.15) is 5.10 Å². The largest absolute Gasteiger partial charge is 0.478 e. The van der Waals surface area contributed by atoms with E-state index in [1.54, 1.807) is 4.68 Å². The van der Waals surface area contributed by atoms with Crippen molar-refractivity contribution in [2.75, 3.05) is 6.54 Å². The molecular formula is C9H15N3O2. The molecule has 0 amide bonds. The fourth-order valence-electron chi connectivity index (χ4n) is 1.06. The minimum absolute atomic E-state index is 0.231. The predicted octanol–water partition coefficient (Wildman–Crippen LogP) is 0.579. The van der Waals surface area contributed by atoms with Crippen LogP contribution in [0.15, 0.2) is 12.4 Å². The number of carboxylic acid groups (broad SMARTS) is 1. The molecule has 5 nitrogen and oxygen atoms in total. The maximum atomic E-state index is 10.5. The average molecular weight is 197 g/mol. The average Bonchev–Trinajstić information content (AvgIpc) is 2.52. The van der Waals surface area contributed by atoms with Crippen LogP contribution in [0, 0.1) is 0 Å². The van der Waals surface area contributed by atoms with E-state index in [9.17, 15) is 4.79 Å². The number of hydrogen-bond acceptors (Lipinski definition) is 3. The summed E-state index contributed by atoms with van der Waals surface area (Å²) in [7, 11) is 0. The number of hydrogen-bond donors (Lipinski definition) is 2. The van der Waals surface area contributed by atoms with E-state index < -0.39 is 5.97 Å². The van der Waals surface area contributed by atoms with Crippen LogP contribution in [-0.4, -0.2) is 33.4 Å². The van der Waals surface area contributed by atoms with Crippen molar-refractivity contribution in [3.63, 3.8) is 0 Å². The van der Waals surface area contributed by atoms with Crippen LogP contribution in [-0.2, 0) is 6.54 Å². The van der Waals surface area contributed by atoms with Crippen molar-refractivity contribution in [2.45, 2.75) is 26.4 Å². The lowest BCUT2D eigenvalue weighted by Crippen LogP contribution is -2.26. The molecule has 0 saturated carbocycles. The maximum absolute atomic E-state index is 10.5. The van der Waals surface area contributed by atoms with Crippen molar-refractivity contribution in [1.82, 2.24) is 15.1 Å². The van der Waals surface area contributed by atoms with Gasteiger partial charge in [0.25, 0.3) is 0 Å². The second-order valence-electron chi connectivity index (χ2n) is 3.41. The lowest BCUT2D eigenvalue weighted by Gasteiger charge is -2.07. The van der Waals surface area contributed by atoms with Crippen LogP contribution in [0.3, 0.4) is 0 Å². The normalized spacial score (nSPS) is 10.8. The third-order valence-corrected chi connectivity index (χ3v) is 1.77. The number of rotatable bonds is 5. The molecule has 0 radical (unpaired) electrons. The Labute approximate surface area is 82.7 Å². The number of carboxylic acids is 1. The topological polar surface area (TPSA) is 67.2 Å². The van der Waals surface area contributed by atoms with Gasteiger partial charge in [-0.05, 0) is 0 Å². The Kier molecular flexibility index (Phi) is 3.64. The van der Waals surface area contributed by atoms with Crippen LogP contribution in [0.1, 0.15) is 24.2 Å². The highest BCUT2D eigenvalue weighted by atomic mass is 16.4. The number of aromatic carboxylic acids is 1. The molecule has 0 aliphatic carbocycles. The first-order chi connectivity index (χ1) is 6.59. The minimum Gasteiger partial charge on any atom is -0.478 e. The molecule has 0 bridgehead atoms. The lowest BCUT2D eigenvalue weighted by molar-refractivity contribution is 0.0697. The third kappa shape index (κ3) is 3.18. The summed E-state index contributed by atoms with van der Waals surface area (Å²) in [6.07, 6.45) is 2.89. The molecule has 14 heavy (non-hydrogen) atoms. The fourth-order valence-corrected chi connectivity index (χ4v) is 1.06. The summed E-state index contributed by atoms with van der Waals surface area (Å²) < 4.78 is 1.62. The molecule has 0 aliphatic heterocycles. The molecule has 0 aliphatic rings. The van der Waals surface area contributed by atoms with E-state index in [0.29, 0.717) is 12.6 Å². The molecule has 1 heterocycles. The first-order valence-corrected chi connectivity index (χ1v) is 4.58. The van der Waals surface area contributed by atoms with Gasteiger partial charge in [-0.15, -0.1) is 0 Å². The Morgan fingerprint density at radius 2 is 2.43 bits per heavy atom. The van der Waals surface area contributed by atoms with Gasteiger partial charge in [-0.3, -0.25) is 4.68 Å². The van der Waals surface area contributed by atoms with Crippen LogP contribution in [0.4, 0.5) is 0 Å². The van der Waals surface area contributed by atoms with E-state index in [-0.39, 0.29) is 5.56 Å². The highest BCUT2D eigenvalue weighted by Crippen LogP contribution is 1.96. The number of nitrogens with one attached hydrogen (secondary N) is 1. The standard InChI is InChI=1S/C9H15N3O2/c1-7(2)10-3-4-12-6-8(5-11-12)9(13)14/h5-7,10H,3-4H2,1-2H3,(H,13,14). The maximum Gasteiger partial charge on any atom is 0.338 e. The van der Waals surface area contributed by atoms with Gasteiger partial charge in [0, 0.05) is 18.8 Å². The van der Waals surface area contributed by atoms with Crippen LogP contribution in [0.25, 0.3) is 0 Å². The Morgan fingerprint density at radius 1 is 1.71 bits per heavy atom. The molecule has 2 N–H and O–H groups in total. The van der Waals surface area contributed by atoms with Crippen molar-refractivity contribution in [1.29, 1.82) is 0 Å². The van der Waals surface area contributed by atoms with E-state index in [1.807, 2.05) is 0 Å². The molecule has 5 heteroatoms. The summed E-state index contributed by atoms with van der Waals surface area (Å²) in [5.41, 5.74) is 0.231. The molecule has 0 aromatic carbocycles. The third-order valence-electron chi connectivity index (χ3n) is 1.77. The Morgan fingerprint density at radius 3 is 2.93 bits per heavy atom. The smallest absolute Gasteiger partial charge is 0.338 e. The fraction of sp³-hybridized carbons (Fsp3) is 0.556. The van der Waals surface area contributed by atoms with Gasteiger partial charge < -0.3 is 10.4 Å². The van der Waals surface area contributed by atoms with Crippen LogP contribution >= 0.6 is 0 Å². The highest BCUT2D eigenvalue weighted by Gasteiger charge is 2.05. The number of aromatic nitrogens is 2. The van der Waals surface area contributed by atoms with Gasteiger partial charge in [0.1, 0.15) is 0 Å². The van der Waals surface area contributed by atoms with Crippen molar-refractivity contribution < 1.29 is 9.90 Å². The molecule has 1 rings (SSSR count). The zero-order chi connectivity index (χ0) is 10.6. The molecule has 0 unspecified atom stereocenters. The summed E-state index contributed by atoms with van der Waals surface area (Å²) >= 11 is 0. The Hall–Kier alpha value is -1.36. The van der Waals surface area contributed by atoms with Gasteiger partial charge in [0.15, 0.2) is 0 Å². The monoisotopic (exact) mass is 197 g/mol. The minimum atomic E-state index is -0.937. The van der Waals surface area contributed by atoms with Crippen molar-refractivity contribution >= 4 is 5.97 Å². The summed E-state index contributed by atoms with van der Waals surface area (Å²) in [6, 6.07) is 0.435. The van der Waals surface area contributed by atoms with E-state index in [4.69, 9.17) is 5.11 Å².